The van der Waals surface area contributed by atoms with Gasteiger partial charge in [0.1, 0.15) is 13.2 Å². The highest BCUT2D eigenvalue weighted by Crippen LogP contribution is 2.54. The quantitative estimate of drug-likeness (QED) is 0.315. The summed E-state index contributed by atoms with van der Waals surface area (Å²) in [6.45, 7) is 3.46. The summed E-state index contributed by atoms with van der Waals surface area (Å²) in [5.74, 6) is 5.86. The van der Waals surface area contributed by atoms with Crippen molar-refractivity contribution in [3.63, 3.8) is 0 Å². The summed E-state index contributed by atoms with van der Waals surface area (Å²) in [5.41, 5.74) is 2.98. The molecule has 2 aromatic carbocycles. The predicted molar refractivity (Wildman–Crippen MR) is 158 cm³/mol. The van der Waals surface area contributed by atoms with Crippen LogP contribution in [0.3, 0.4) is 0 Å². The zero-order chi connectivity index (χ0) is 25.0. The van der Waals surface area contributed by atoms with Crippen molar-refractivity contribution in [2.45, 2.75) is 48.0 Å². The van der Waals surface area contributed by atoms with Crippen molar-refractivity contribution in [2.75, 3.05) is 59.1 Å². The molecule has 0 radical (unpaired) electrons. The molecule has 2 aliphatic heterocycles. The Bertz CT molecular complexity index is 1040. The van der Waals surface area contributed by atoms with Crippen LogP contribution in [0, 0.1) is 0 Å². The molecule has 5 nitrogen and oxygen atoms in total. The largest absolute Gasteiger partial charge is 0.493 e. The molecule has 5 rings (SSSR count). The van der Waals surface area contributed by atoms with Crippen LogP contribution in [0.5, 0.6) is 23.0 Å². The first-order valence-corrected chi connectivity index (χ1v) is 15.1. The van der Waals surface area contributed by atoms with Crippen LogP contribution in [0.2, 0.25) is 0 Å². The fourth-order valence-corrected chi connectivity index (χ4v) is 9.21. The summed E-state index contributed by atoms with van der Waals surface area (Å²) in [7, 11) is 5.71. The minimum atomic E-state index is 0. The minimum Gasteiger partial charge on any atom is -0.493 e. The number of rotatable bonds is 10. The average molecular weight is 566 g/mol. The number of likely N-dealkylation sites (N-methyl/N-ethyl adjacent to an activating group) is 1. The standard InChI is InChI=1S/C29H39NO4S2.ClH/c1-30(21-28(11-4-12-28)22-7-9-24(31-2)26(19-22)32-3)14-5-13-29(35-17-6-18-36-29)23-8-10-25-27(20-23)34-16-15-33-25;/h7-10,19-20H,4-6,11-18,21H2,1-3H3;1H. The molecule has 2 heterocycles. The Morgan fingerprint density at radius 3 is 2.24 bits per heavy atom. The molecule has 37 heavy (non-hydrogen) atoms. The fourth-order valence-electron chi connectivity index (χ4n) is 5.80. The Morgan fingerprint density at radius 1 is 0.865 bits per heavy atom. The summed E-state index contributed by atoms with van der Waals surface area (Å²) < 4.78 is 22.9. The number of nitrogens with zero attached hydrogens (tertiary/aromatic N) is 1. The van der Waals surface area contributed by atoms with Crippen LogP contribution in [0.1, 0.15) is 49.7 Å². The van der Waals surface area contributed by atoms with E-state index in [1.54, 1.807) is 14.2 Å². The van der Waals surface area contributed by atoms with E-state index in [2.05, 4.69) is 71.9 Å². The average Bonchev–Trinajstić information content (AvgIpc) is 2.90. The first-order valence-electron chi connectivity index (χ1n) is 13.2. The third-order valence-corrected chi connectivity index (χ3v) is 11.4. The van der Waals surface area contributed by atoms with Gasteiger partial charge in [0.25, 0.3) is 0 Å². The van der Waals surface area contributed by atoms with Gasteiger partial charge in [-0.15, -0.1) is 35.9 Å². The molecular weight excluding hydrogens is 526 g/mol. The second kappa shape index (κ2) is 12.6. The smallest absolute Gasteiger partial charge is 0.161 e. The van der Waals surface area contributed by atoms with Crippen molar-refractivity contribution in [3.05, 3.63) is 47.5 Å². The van der Waals surface area contributed by atoms with E-state index in [1.807, 2.05) is 0 Å². The normalized spacial score (nSPS) is 19.5. The Balaban J connectivity index is 0.00000320. The Kier molecular flexibility index (Phi) is 9.76. The lowest BCUT2D eigenvalue weighted by atomic mass is 9.64. The Hall–Kier alpha value is -1.41. The maximum absolute atomic E-state index is 5.92. The van der Waals surface area contributed by atoms with Crippen molar-refractivity contribution >= 4 is 35.9 Å². The van der Waals surface area contributed by atoms with Crippen LogP contribution in [0.4, 0.5) is 0 Å². The predicted octanol–water partition coefficient (Wildman–Crippen LogP) is 6.75. The van der Waals surface area contributed by atoms with Gasteiger partial charge in [-0.2, -0.15) is 0 Å². The van der Waals surface area contributed by atoms with E-state index < -0.39 is 0 Å². The third-order valence-electron chi connectivity index (χ3n) is 7.87. The number of hydrogen-bond donors (Lipinski definition) is 0. The molecule has 0 spiro atoms. The first-order chi connectivity index (χ1) is 17.6. The number of ether oxygens (including phenoxy) is 4. The van der Waals surface area contributed by atoms with Gasteiger partial charge < -0.3 is 23.8 Å². The van der Waals surface area contributed by atoms with E-state index in [-0.39, 0.29) is 21.9 Å². The highest BCUT2D eigenvalue weighted by atomic mass is 35.5. The van der Waals surface area contributed by atoms with Gasteiger partial charge in [-0.3, -0.25) is 0 Å². The second-order valence-corrected chi connectivity index (χ2v) is 13.3. The Morgan fingerprint density at radius 2 is 1.57 bits per heavy atom. The number of methoxy groups -OCH3 is 2. The molecule has 0 atom stereocenters. The fraction of sp³-hybridized carbons (Fsp3) is 0.586. The van der Waals surface area contributed by atoms with Crippen LogP contribution in [0.15, 0.2) is 36.4 Å². The lowest BCUT2D eigenvalue weighted by Gasteiger charge is -2.45. The van der Waals surface area contributed by atoms with Gasteiger partial charge in [-0.1, -0.05) is 18.6 Å². The maximum Gasteiger partial charge on any atom is 0.161 e. The van der Waals surface area contributed by atoms with Gasteiger partial charge >= 0.3 is 0 Å². The lowest BCUT2D eigenvalue weighted by Crippen LogP contribution is -2.44. The molecule has 204 valence electrons. The topological polar surface area (TPSA) is 40.2 Å². The molecule has 0 aromatic heterocycles. The minimum absolute atomic E-state index is 0. The summed E-state index contributed by atoms with van der Waals surface area (Å²) in [5, 5.41) is 0. The molecule has 1 saturated heterocycles. The molecule has 1 aliphatic carbocycles. The van der Waals surface area contributed by atoms with Gasteiger partial charge in [-0.25, -0.2) is 0 Å². The molecular formula is C29H40ClNO4S2. The molecule has 0 N–H and O–H groups in total. The molecule has 3 aliphatic rings. The molecule has 2 fully saturated rings. The van der Waals surface area contributed by atoms with Crippen LogP contribution in [-0.4, -0.2) is 64.0 Å². The zero-order valence-electron chi connectivity index (χ0n) is 22.3. The Labute approximate surface area is 236 Å². The van der Waals surface area contributed by atoms with E-state index in [0.717, 1.165) is 42.5 Å². The van der Waals surface area contributed by atoms with Crippen molar-refractivity contribution in [3.8, 4) is 23.0 Å². The van der Waals surface area contributed by atoms with Gasteiger partial charge in [0.2, 0.25) is 0 Å². The number of fused-ring (bicyclic) bond motifs is 1. The summed E-state index contributed by atoms with van der Waals surface area (Å²) in [4.78, 5) is 2.55. The SMILES string of the molecule is COc1ccc(C2(CN(C)CCCC3(c4ccc5c(c4)OCCO5)SCCCS3)CCC2)cc1OC.Cl. The molecule has 0 bridgehead atoms. The number of hydrogen-bond acceptors (Lipinski definition) is 7. The van der Waals surface area contributed by atoms with E-state index in [4.69, 9.17) is 18.9 Å². The van der Waals surface area contributed by atoms with E-state index in [9.17, 15) is 0 Å². The third kappa shape index (κ3) is 6.10. The van der Waals surface area contributed by atoms with Gasteiger partial charge in [0.05, 0.1) is 18.3 Å². The van der Waals surface area contributed by atoms with Crippen molar-refractivity contribution in [1.82, 2.24) is 4.90 Å². The van der Waals surface area contributed by atoms with Crippen LogP contribution < -0.4 is 18.9 Å². The summed E-state index contributed by atoms with van der Waals surface area (Å²) in [6.07, 6.45) is 7.39. The zero-order valence-corrected chi connectivity index (χ0v) is 24.7. The maximum atomic E-state index is 5.92. The van der Waals surface area contributed by atoms with E-state index in [0.29, 0.717) is 13.2 Å². The number of thioether (sulfide) groups is 2. The highest BCUT2D eigenvalue weighted by molar-refractivity contribution is 8.18. The second-order valence-electron chi connectivity index (χ2n) is 10.2. The molecule has 1 saturated carbocycles. The van der Waals surface area contributed by atoms with Gasteiger partial charge in [0, 0.05) is 12.0 Å². The molecule has 0 unspecified atom stereocenters. The highest BCUT2D eigenvalue weighted by Gasteiger charge is 2.40. The summed E-state index contributed by atoms with van der Waals surface area (Å²) >= 11 is 4.24. The number of halogens is 1. The monoisotopic (exact) mass is 565 g/mol. The number of benzene rings is 2. The van der Waals surface area contributed by atoms with E-state index >= 15 is 0 Å². The first kappa shape index (κ1) is 28.6. The van der Waals surface area contributed by atoms with Crippen LogP contribution >= 0.6 is 35.9 Å². The van der Waals surface area contributed by atoms with Crippen molar-refractivity contribution < 1.29 is 18.9 Å². The molecule has 0 amide bonds. The van der Waals surface area contributed by atoms with E-state index in [1.165, 1.54) is 54.7 Å². The van der Waals surface area contributed by atoms with Gasteiger partial charge in [-0.05, 0) is 92.6 Å². The van der Waals surface area contributed by atoms with Crippen molar-refractivity contribution in [1.29, 1.82) is 0 Å². The molecule has 2 aromatic rings. The van der Waals surface area contributed by atoms with Crippen LogP contribution in [-0.2, 0) is 9.49 Å². The van der Waals surface area contributed by atoms with Crippen LogP contribution in [0.25, 0.3) is 0 Å². The van der Waals surface area contributed by atoms with Gasteiger partial charge in [0.15, 0.2) is 23.0 Å². The lowest BCUT2D eigenvalue weighted by molar-refractivity contribution is 0.157. The summed E-state index contributed by atoms with van der Waals surface area (Å²) in [6, 6.07) is 13.1. The van der Waals surface area contributed by atoms with Crippen molar-refractivity contribution in [2.24, 2.45) is 0 Å². The molecule has 8 heteroatoms.